The van der Waals surface area contributed by atoms with E-state index in [0.717, 1.165) is 35.0 Å². The first kappa shape index (κ1) is 14.9. The summed E-state index contributed by atoms with van der Waals surface area (Å²) in [5.41, 5.74) is 3.03. The summed E-state index contributed by atoms with van der Waals surface area (Å²) in [6.45, 7) is 0. The van der Waals surface area contributed by atoms with Gasteiger partial charge < -0.3 is 10.3 Å². The van der Waals surface area contributed by atoms with Crippen LogP contribution in [0.1, 0.15) is 28.0 Å². The second kappa shape index (κ2) is 5.74. The molecule has 3 nitrogen and oxygen atoms in total. The Morgan fingerprint density at radius 1 is 1.17 bits per heavy atom. The SMILES string of the molecule is O=C(NC1CCc2[nH]c3cc(F)ccc3c2C1)c1ccccc1F. The van der Waals surface area contributed by atoms with Gasteiger partial charge in [0.1, 0.15) is 11.6 Å². The molecule has 2 N–H and O–H groups in total. The maximum atomic E-state index is 13.7. The zero-order valence-electron chi connectivity index (χ0n) is 12.9. The molecular weight excluding hydrogens is 310 g/mol. The molecular formula is C19H16F2N2O. The lowest BCUT2D eigenvalue weighted by Gasteiger charge is -2.23. The van der Waals surface area contributed by atoms with Gasteiger partial charge in [-0.2, -0.15) is 0 Å². The predicted octanol–water partition coefficient (Wildman–Crippen LogP) is 3.73. The fraction of sp³-hybridized carbons (Fsp3) is 0.211. The number of carbonyl (C=O) groups excluding carboxylic acids is 1. The van der Waals surface area contributed by atoms with Crippen LogP contribution in [-0.4, -0.2) is 16.9 Å². The third kappa shape index (κ3) is 2.56. The minimum atomic E-state index is -0.519. The largest absolute Gasteiger partial charge is 0.358 e. The molecule has 0 spiro atoms. The Labute approximate surface area is 137 Å². The molecule has 1 heterocycles. The van der Waals surface area contributed by atoms with E-state index in [1.165, 1.54) is 24.3 Å². The molecule has 0 aliphatic heterocycles. The number of hydrogen-bond acceptors (Lipinski definition) is 1. The standard InChI is InChI=1S/C19H16F2N2O/c20-11-5-7-13-15-10-12(6-8-17(15)23-18(13)9-11)22-19(24)14-3-1-2-4-16(14)21/h1-5,7,9,12,23H,6,8,10H2,(H,22,24). The van der Waals surface area contributed by atoms with Gasteiger partial charge in [0.25, 0.3) is 5.91 Å². The third-order valence-electron chi connectivity index (χ3n) is 4.60. The number of rotatable bonds is 2. The molecule has 5 heteroatoms. The summed E-state index contributed by atoms with van der Waals surface area (Å²) in [7, 11) is 0. The topological polar surface area (TPSA) is 44.9 Å². The van der Waals surface area contributed by atoms with Gasteiger partial charge in [-0.15, -0.1) is 0 Å². The normalized spacial score (nSPS) is 16.8. The summed E-state index contributed by atoms with van der Waals surface area (Å²) in [5, 5.41) is 3.90. The zero-order chi connectivity index (χ0) is 16.7. The van der Waals surface area contributed by atoms with Crippen LogP contribution in [0.25, 0.3) is 10.9 Å². The fourth-order valence-electron chi connectivity index (χ4n) is 3.43. The molecule has 0 fully saturated rings. The Balaban J connectivity index is 1.57. The molecule has 1 aliphatic rings. The van der Waals surface area contributed by atoms with E-state index in [4.69, 9.17) is 0 Å². The molecule has 0 radical (unpaired) electrons. The zero-order valence-corrected chi connectivity index (χ0v) is 12.9. The maximum Gasteiger partial charge on any atom is 0.254 e. The molecule has 1 aromatic heterocycles. The molecule has 0 saturated carbocycles. The van der Waals surface area contributed by atoms with Crippen molar-refractivity contribution in [3.63, 3.8) is 0 Å². The van der Waals surface area contributed by atoms with Gasteiger partial charge in [-0.3, -0.25) is 4.79 Å². The first-order valence-corrected chi connectivity index (χ1v) is 7.96. The van der Waals surface area contributed by atoms with Crippen LogP contribution in [0, 0.1) is 11.6 Å². The maximum absolute atomic E-state index is 13.7. The number of amides is 1. The lowest BCUT2D eigenvalue weighted by molar-refractivity contribution is 0.0929. The number of halogens is 2. The Hall–Kier alpha value is -2.69. The highest BCUT2D eigenvalue weighted by molar-refractivity contribution is 5.94. The smallest absolute Gasteiger partial charge is 0.254 e. The van der Waals surface area contributed by atoms with Gasteiger partial charge in [-0.25, -0.2) is 8.78 Å². The van der Waals surface area contributed by atoms with Crippen LogP contribution in [0.15, 0.2) is 42.5 Å². The van der Waals surface area contributed by atoms with Crippen LogP contribution in [0.5, 0.6) is 0 Å². The predicted molar refractivity (Wildman–Crippen MR) is 87.9 cm³/mol. The van der Waals surface area contributed by atoms with Crippen molar-refractivity contribution in [3.05, 3.63) is 70.9 Å². The van der Waals surface area contributed by atoms with Crippen molar-refractivity contribution >= 4 is 16.8 Å². The van der Waals surface area contributed by atoms with Crippen LogP contribution in [0.3, 0.4) is 0 Å². The van der Waals surface area contributed by atoms with Crippen molar-refractivity contribution < 1.29 is 13.6 Å². The molecule has 0 bridgehead atoms. The van der Waals surface area contributed by atoms with Gasteiger partial charge in [-0.05, 0) is 55.2 Å². The average Bonchev–Trinajstić information content (AvgIpc) is 2.92. The van der Waals surface area contributed by atoms with Gasteiger partial charge in [0.15, 0.2) is 0 Å². The first-order valence-electron chi connectivity index (χ1n) is 7.96. The molecule has 3 aromatic rings. The van der Waals surface area contributed by atoms with Crippen LogP contribution < -0.4 is 5.32 Å². The lowest BCUT2D eigenvalue weighted by Crippen LogP contribution is -2.39. The molecule has 4 rings (SSSR count). The Morgan fingerprint density at radius 3 is 2.83 bits per heavy atom. The highest BCUT2D eigenvalue weighted by Crippen LogP contribution is 2.29. The van der Waals surface area contributed by atoms with E-state index in [1.807, 2.05) is 0 Å². The monoisotopic (exact) mass is 326 g/mol. The number of aromatic amines is 1. The number of aryl methyl sites for hydroxylation is 1. The lowest BCUT2D eigenvalue weighted by atomic mass is 9.91. The Bertz CT molecular complexity index is 932. The molecule has 0 saturated heterocycles. The van der Waals surface area contributed by atoms with Crippen LogP contribution in [0.2, 0.25) is 0 Å². The van der Waals surface area contributed by atoms with E-state index >= 15 is 0 Å². The molecule has 1 unspecified atom stereocenters. The molecule has 122 valence electrons. The quantitative estimate of drug-likeness (QED) is 0.740. The second-order valence-corrected chi connectivity index (χ2v) is 6.17. The summed E-state index contributed by atoms with van der Waals surface area (Å²) in [4.78, 5) is 15.5. The first-order chi connectivity index (χ1) is 11.6. The highest BCUT2D eigenvalue weighted by Gasteiger charge is 2.24. The van der Waals surface area contributed by atoms with Crippen molar-refractivity contribution in [2.75, 3.05) is 0 Å². The van der Waals surface area contributed by atoms with Crippen molar-refractivity contribution in [1.29, 1.82) is 0 Å². The van der Waals surface area contributed by atoms with Gasteiger partial charge >= 0.3 is 0 Å². The van der Waals surface area contributed by atoms with E-state index < -0.39 is 11.7 Å². The number of carbonyl (C=O) groups is 1. The van der Waals surface area contributed by atoms with E-state index in [0.29, 0.717) is 6.42 Å². The Morgan fingerprint density at radius 2 is 2.00 bits per heavy atom. The average molecular weight is 326 g/mol. The van der Waals surface area contributed by atoms with Crippen molar-refractivity contribution in [2.45, 2.75) is 25.3 Å². The van der Waals surface area contributed by atoms with E-state index in [-0.39, 0.29) is 17.4 Å². The third-order valence-corrected chi connectivity index (χ3v) is 4.60. The molecule has 1 atom stereocenters. The number of hydrogen-bond donors (Lipinski definition) is 2. The van der Waals surface area contributed by atoms with E-state index in [1.54, 1.807) is 18.2 Å². The second-order valence-electron chi connectivity index (χ2n) is 6.17. The van der Waals surface area contributed by atoms with E-state index in [2.05, 4.69) is 10.3 Å². The van der Waals surface area contributed by atoms with Crippen LogP contribution in [0.4, 0.5) is 8.78 Å². The summed E-state index contributed by atoms with van der Waals surface area (Å²) in [6, 6.07) is 10.6. The van der Waals surface area contributed by atoms with Crippen molar-refractivity contribution in [3.8, 4) is 0 Å². The minimum absolute atomic E-state index is 0.0595. The number of fused-ring (bicyclic) bond motifs is 3. The number of H-pyrrole nitrogens is 1. The van der Waals surface area contributed by atoms with E-state index in [9.17, 15) is 13.6 Å². The van der Waals surface area contributed by atoms with Crippen LogP contribution >= 0.6 is 0 Å². The number of aromatic nitrogens is 1. The highest BCUT2D eigenvalue weighted by atomic mass is 19.1. The molecule has 2 aromatic carbocycles. The molecule has 1 aliphatic carbocycles. The molecule has 1 amide bonds. The van der Waals surface area contributed by atoms with Gasteiger partial charge in [0.05, 0.1) is 5.56 Å². The number of benzene rings is 2. The van der Waals surface area contributed by atoms with Gasteiger partial charge in [0.2, 0.25) is 0 Å². The van der Waals surface area contributed by atoms with Crippen LogP contribution in [-0.2, 0) is 12.8 Å². The fourth-order valence-corrected chi connectivity index (χ4v) is 3.43. The summed E-state index contributed by atoms with van der Waals surface area (Å²) >= 11 is 0. The Kier molecular flexibility index (Phi) is 3.56. The van der Waals surface area contributed by atoms with Gasteiger partial charge in [-0.1, -0.05) is 12.1 Å². The summed E-state index contributed by atoms with van der Waals surface area (Å²) < 4.78 is 27.1. The minimum Gasteiger partial charge on any atom is -0.358 e. The van der Waals surface area contributed by atoms with Crippen molar-refractivity contribution in [1.82, 2.24) is 10.3 Å². The van der Waals surface area contributed by atoms with Crippen molar-refractivity contribution in [2.24, 2.45) is 0 Å². The summed E-state index contributed by atoms with van der Waals surface area (Å²) in [6.07, 6.45) is 2.19. The number of nitrogens with one attached hydrogen (secondary N) is 2. The van der Waals surface area contributed by atoms with Gasteiger partial charge in [0, 0.05) is 22.6 Å². The summed E-state index contributed by atoms with van der Waals surface area (Å²) in [5.74, 6) is -1.19. The molecule has 24 heavy (non-hydrogen) atoms.